The number of hydrogen-bond donors (Lipinski definition) is 3. The van der Waals surface area contributed by atoms with Crippen molar-refractivity contribution >= 4 is 11.9 Å². The summed E-state index contributed by atoms with van der Waals surface area (Å²) in [6.07, 6.45) is 91.8. The number of allylic oxidation sites excluding steroid dienone is 9. The van der Waals surface area contributed by atoms with Crippen LogP contribution in [-0.4, -0.2) is 47.4 Å². The van der Waals surface area contributed by atoms with Crippen LogP contribution < -0.4 is 5.32 Å². The van der Waals surface area contributed by atoms with Gasteiger partial charge in [0.1, 0.15) is 0 Å². The summed E-state index contributed by atoms with van der Waals surface area (Å²) >= 11 is 0. The number of hydrogen-bond acceptors (Lipinski definition) is 5. The minimum Gasteiger partial charge on any atom is -0.466 e. The SMILES string of the molecule is CCC/C=C\C/C=C\CCCCCCCC(=O)OCCCCCCCCCCCCCCC/C=C\C/C=C\CCCCCCCCCCCCCCCCCCCC(=O)NC(CO)C(O)/C=C/CCCCCCCCCCCCC. The number of aliphatic hydroxyl groups excluding tert-OH is 2. The third-order valence-corrected chi connectivity index (χ3v) is 16.2. The molecule has 0 saturated carbocycles. The number of rotatable bonds is 66. The van der Waals surface area contributed by atoms with Gasteiger partial charge < -0.3 is 20.3 Å². The van der Waals surface area contributed by atoms with Gasteiger partial charge in [-0.1, -0.05) is 331 Å². The highest BCUT2D eigenvalue weighted by Crippen LogP contribution is 2.18. The molecule has 80 heavy (non-hydrogen) atoms. The smallest absolute Gasteiger partial charge is 0.305 e. The minimum absolute atomic E-state index is 0.00284. The van der Waals surface area contributed by atoms with Crippen LogP contribution in [0.2, 0.25) is 0 Å². The average Bonchev–Trinajstić information content (AvgIpc) is 3.46. The monoisotopic (exact) mass is 1120 g/mol. The standard InChI is InChI=1S/C74H137NO5/c1-3-5-7-9-11-13-15-42-46-50-54-58-62-66-72(77)71(70-76)75-73(78)67-63-59-55-51-47-44-40-38-36-34-32-30-28-26-24-22-20-18-17-19-21-23-25-27-29-31-33-35-37-39-41-45-49-53-57-61-65-69-80-74(79)68-64-60-56-52-48-43-16-14-12-10-8-6-4-2/h8,10,14,16-17,19,23,25,62,66,71-72,76-77H,3-7,9,11-13,15,18,20-22,24,26-61,63-65,67-70H2,1-2H3,(H,75,78)/b10-8-,16-14-,19-17-,25-23-,66-62+. The molecule has 0 radical (unpaired) electrons. The van der Waals surface area contributed by atoms with Gasteiger partial charge in [-0.15, -0.1) is 0 Å². The maximum atomic E-state index is 12.5. The molecule has 0 aliphatic heterocycles. The van der Waals surface area contributed by atoms with Crippen LogP contribution in [0.25, 0.3) is 0 Å². The largest absolute Gasteiger partial charge is 0.466 e. The van der Waals surface area contributed by atoms with Gasteiger partial charge in [0.15, 0.2) is 0 Å². The van der Waals surface area contributed by atoms with Crippen molar-refractivity contribution in [2.75, 3.05) is 13.2 Å². The van der Waals surface area contributed by atoms with Crippen LogP contribution in [0.15, 0.2) is 60.8 Å². The highest BCUT2D eigenvalue weighted by atomic mass is 16.5. The third kappa shape index (κ3) is 64.7. The summed E-state index contributed by atoms with van der Waals surface area (Å²) in [4.78, 5) is 24.5. The van der Waals surface area contributed by atoms with E-state index in [2.05, 4.69) is 67.8 Å². The molecule has 0 rings (SSSR count). The Bertz CT molecular complexity index is 1380. The predicted molar refractivity (Wildman–Crippen MR) is 352 cm³/mol. The van der Waals surface area contributed by atoms with Crippen molar-refractivity contribution in [2.45, 2.75) is 386 Å². The molecule has 0 aromatic rings. The summed E-state index contributed by atoms with van der Waals surface area (Å²) in [5.41, 5.74) is 0. The van der Waals surface area contributed by atoms with Crippen molar-refractivity contribution in [3.63, 3.8) is 0 Å². The Hall–Kier alpha value is -2.44. The van der Waals surface area contributed by atoms with Crippen LogP contribution >= 0.6 is 0 Å². The molecule has 468 valence electrons. The molecule has 0 aliphatic carbocycles. The first-order valence-corrected chi connectivity index (χ1v) is 35.6. The van der Waals surface area contributed by atoms with E-state index < -0.39 is 12.1 Å². The molecule has 3 N–H and O–H groups in total. The van der Waals surface area contributed by atoms with Crippen molar-refractivity contribution < 1.29 is 24.5 Å². The van der Waals surface area contributed by atoms with E-state index in [4.69, 9.17) is 4.74 Å². The zero-order valence-electron chi connectivity index (χ0n) is 53.6. The van der Waals surface area contributed by atoms with E-state index in [9.17, 15) is 19.8 Å². The van der Waals surface area contributed by atoms with Crippen LogP contribution in [-0.2, 0) is 14.3 Å². The van der Waals surface area contributed by atoms with E-state index in [1.807, 2.05) is 6.08 Å². The minimum atomic E-state index is -0.842. The first-order chi connectivity index (χ1) is 39.5. The molecule has 0 aromatic carbocycles. The van der Waals surface area contributed by atoms with Crippen molar-refractivity contribution in [3.8, 4) is 0 Å². The number of nitrogens with one attached hydrogen (secondary N) is 1. The van der Waals surface area contributed by atoms with Crippen molar-refractivity contribution in [1.29, 1.82) is 0 Å². The van der Waals surface area contributed by atoms with Gasteiger partial charge in [-0.3, -0.25) is 9.59 Å². The van der Waals surface area contributed by atoms with E-state index in [0.29, 0.717) is 19.4 Å². The normalized spacial score (nSPS) is 12.9. The van der Waals surface area contributed by atoms with Gasteiger partial charge in [0.25, 0.3) is 0 Å². The van der Waals surface area contributed by atoms with Crippen molar-refractivity contribution in [2.24, 2.45) is 0 Å². The van der Waals surface area contributed by atoms with Gasteiger partial charge in [0.2, 0.25) is 5.91 Å². The fraction of sp³-hybridized carbons (Fsp3) is 0.838. The number of carbonyl (C=O) groups excluding carboxylic acids is 2. The first-order valence-electron chi connectivity index (χ1n) is 35.6. The number of esters is 1. The maximum Gasteiger partial charge on any atom is 0.305 e. The van der Waals surface area contributed by atoms with Crippen LogP contribution in [0.1, 0.15) is 373 Å². The summed E-state index contributed by atoms with van der Waals surface area (Å²) in [6.45, 7) is 4.85. The Morgan fingerprint density at radius 2 is 0.650 bits per heavy atom. The topological polar surface area (TPSA) is 95.9 Å². The average molecular weight is 1120 g/mol. The third-order valence-electron chi connectivity index (χ3n) is 16.2. The van der Waals surface area contributed by atoms with Crippen molar-refractivity contribution in [1.82, 2.24) is 5.32 Å². The number of ether oxygens (including phenoxy) is 1. The second kappa shape index (κ2) is 69.1. The number of carbonyl (C=O) groups is 2. The Morgan fingerprint density at radius 3 is 1.00 bits per heavy atom. The fourth-order valence-electron chi connectivity index (χ4n) is 10.8. The van der Waals surface area contributed by atoms with Gasteiger partial charge in [0.05, 0.1) is 25.4 Å². The molecule has 2 atom stereocenters. The second-order valence-electron chi connectivity index (χ2n) is 24.2. The molecule has 0 bridgehead atoms. The zero-order valence-corrected chi connectivity index (χ0v) is 53.6. The molecule has 1 amide bonds. The molecule has 0 aliphatic rings. The van der Waals surface area contributed by atoms with Gasteiger partial charge in [-0.05, 0) is 89.9 Å². The van der Waals surface area contributed by atoms with E-state index in [0.717, 1.165) is 57.8 Å². The molecule has 6 heteroatoms. The number of aliphatic hydroxyl groups is 2. The fourth-order valence-corrected chi connectivity index (χ4v) is 10.8. The van der Waals surface area contributed by atoms with E-state index in [-0.39, 0.29) is 18.5 Å². The summed E-state index contributed by atoms with van der Waals surface area (Å²) in [5.74, 6) is -0.0618. The Kier molecular flexibility index (Phi) is 66.9. The highest BCUT2D eigenvalue weighted by Gasteiger charge is 2.18. The lowest BCUT2D eigenvalue weighted by atomic mass is 10.0. The maximum absolute atomic E-state index is 12.5. The molecule has 0 spiro atoms. The van der Waals surface area contributed by atoms with Gasteiger partial charge in [-0.2, -0.15) is 0 Å². The lowest BCUT2D eigenvalue weighted by molar-refractivity contribution is -0.143. The Morgan fingerprint density at radius 1 is 0.350 bits per heavy atom. The highest BCUT2D eigenvalue weighted by molar-refractivity contribution is 5.76. The van der Waals surface area contributed by atoms with Crippen LogP contribution in [0.5, 0.6) is 0 Å². The first kappa shape index (κ1) is 77.6. The number of unbranched alkanes of at least 4 members (excludes halogenated alkanes) is 47. The lowest BCUT2D eigenvalue weighted by Gasteiger charge is -2.20. The zero-order chi connectivity index (χ0) is 57.8. The molecule has 2 unspecified atom stereocenters. The van der Waals surface area contributed by atoms with E-state index in [1.54, 1.807) is 6.08 Å². The quantitative estimate of drug-likeness (QED) is 0.0320. The van der Waals surface area contributed by atoms with Gasteiger partial charge in [-0.25, -0.2) is 0 Å². The Labute approximate surface area is 499 Å². The molecule has 6 nitrogen and oxygen atoms in total. The van der Waals surface area contributed by atoms with Crippen LogP contribution in [0, 0.1) is 0 Å². The molecule has 0 saturated heterocycles. The van der Waals surface area contributed by atoms with Crippen LogP contribution in [0.4, 0.5) is 0 Å². The summed E-state index contributed by atoms with van der Waals surface area (Å²) in [7, 11) is 0. The predicted octanol–water partition coefficient (Wildman–Crippen LogP) is 23.0. The summed E-state index contributed by atoms with van der Waals surface area (Å²) in [6, 6.07) is -0.626. The molecular weight excluding hydrogens is 983 g/mol. The molecule has 0 fully saturated rings. The second-order valence-corrected chi connectivity index (χ2v) is 24.2. The lowest BCUT2D eigenvalue weighted by Crippen LogP contribution is -2.45. The van der Waals surface area contributed by atoms with Crippen molar-refractivity contribution in [3.05, 3.63) is 60.8 Å². The molecule has 0 aromatic heterocycles. The summed E-state index contributed by atoms with van der Waals surface area (Å²) < 4.78 is 5.47. The summed E-state index contributed by atoms with van der Waals surface area (Å²) in [5, 5.41) is 23.1. The van der Waals surface area contributed by atoms with E-state index in [1.165, 1.54) is 289 Å². The van der Waals surface area contributed by atoms with Gasteiger partial charge in [0, 0.05) is 12.8 Å². The van der Waals surface area contributed by atoms with E-state index >= 15 is 0 Å². The molecular formula is C74H137NO5. The van der Waals surface area contributed by atoms with Gasteiger partial charge >= 0.3 is 5.97 Å². The van der Waals surface area contributed by atoms with Crippen LogP contribution in [0.3, 0.4) is 0 Å². The number of amides is 1. The molecule has 0 heterocycles. The Balaban J connectivity index is 3.37.